The maximum Gasteiger partial charge on any atom is 0.0541 e. The lowest BCUT2D eigenvalue weighted by Gasteiger charge is -2.26. The zero-order valence-corrected chi connectivity index (χ0v) is 33.9. The number of hydrogen-bond donors (Lipinski definition) is 0. The molecule has 2 nitrogen and oxygen atoms in total. The molecule has 0 spiro atoms. The van der Waals surface area contributed by atoms with E-state index < -0.39 is 0 Å². The molecule has 1 aromatic heterocycles. The van der Waals surface area contributed by atoms with Crippen LogP contribution in [0.1, 0.15) is 90.5 Å². The molecule has 0 aliphatic rings. The van der Waals surface area contributed by atoms with Crippen LogP contribution in [0.2, 0.25) is 0 Å². The molecule has 2 atom stereocenters. The molecule has 0 fully saturated rings. The number of anilines is 3. The first-order chi connectivity index (χ1) is 28.4. The topological polar surface area (TPSA) is 8.17 Å². The third kappa shape index (κ3) is 9.31. The van der Waals surface area contributed by atoms with Gasteiger partial charge in [-0.25, -0.2) is 0 Å². The van der Waals surface area contributed by atoms with Gasteiger partial charge in [0, 0.05) is 33.5 Å². The number of aromatic nitrogens is 1. The minimum Gasteiger partial charge on any atom is -0.311 e. The van der Waals surface area contributed by atoms with Gasteiger partial charge in [-0.15, -0.1) is 0 Å². The van der Waals surface area contributed by atoms with Gasteiger partial charge in [0.1, 0.15) is 0 Å². The summed E-state index contributed by atoms with van der Waals surface area (Å²) in [5.74, 6) is 0.937. The van der Waals surface area contributed by atoms with Gasteiger partial charge in [-0.1, -0.05) is 188 Å². The summed E-state index contributed by atoms with van der Waals surface area (Å²) in [6.45, 7) is 8.98. The van der Waals surface area contributed by atoms with Crippen molar-refractivity contribution in [1.29, 1.82) is 0 Å². The van der Waals surface area contributed by atoms with Gasteiger partial charge in [-0.3, -0.25) is 0 Å². The van der Waals surface area contributed by atoms with Gasteiger partial charge in [0.2, 0.25) is 0 Å². The maximum absolute atomic E-state index is 2.39. The van der Waals surface area contributed by atoms with Crippen LogP contribution in [0, 0.1) is 13.8 Å². The molecule has 0 saturated heterocycles. The third-order valence-corrected chi connectivity index (χ3v) is 12.1. The lowest BCUT2D eigenvalue weighted by Crippen LogP contribution is -2.09. The molecule has 0 saturated carbocycles. The van der Waals surface area contributed by atoms with E-state index in [1.165, 1.54) is 72.0 Å². The molecule has 62 heavy (non-hydrogen) atoms. The quantitative estimate of drug-likeness (QED) is 0.126. The molecule has 1 heterocycles. The summed E-state index contributed by atoms with van der Waals surface area (Å²) in [4.78, 5) is 2.33. The Morgan fingerprint density at radius 3 is 1.34 bits per heavy atom. The van der Waals surface area contributed by atoms with Gasteiger partial charge in [-0.05, 0) is 133 Å². The Morgan fingerprint density at radius 1 is 0.435 bits per heavy atom. The van der Waals surface area contributed by atoms with Crippen LogP contribution in [0.5, 0.6) is 0 Å². The number of para-hydroxylation sites is 2. The zero-order chi connectivity index (χ0) is 39.6. The first kappa shape index (κ1) is 46.4. The number of rotatable bonds is 11. The van der Waals surface area contributed by atoms with E-state index in [1.54, 1.807) is 0 Å². The summed E-state index contributed by atoms with van der Waals surface area (Å²) in [5, 5.41) is 2.57. The fraction of sp³-hybridized carbons (Fsp3) is 0.200. The van der Waals surface area contributed by atoms with Crippen LogP contribution < -0.4 is 4.90 Å². The highest BCUT2D eigenvalue weighted by Gasteiger charge is 2.18. The van der Waals surface area contributed by atoms with Crippen molar-refractivity contribution in [2.24, 2.45) is 0 Å². The van der Waals surface area contributed by atoms with E-state index in [0.29, 0.717) is 11.8 Å². The molecule has 2 heteroatoms. The highest BCUT2D eigenvalue weighted by molar-refractivity contribution is 6.09. The van der Waals surface area contributed by atoms with Crippen LogP contribution in [-0.4, -0.2) is 4.57 Å². The van der Waals surface area contributed by atoms with Crippen molar-refractivity contribution in [1.82, 2.24) is 4.57 Å². The van der Waals surface area contributed by atoms with Gasteiger partial charge in [-0.2, -0.15) is 0 Å². The first-order valence-electron chi connectivity index (χ1n) is 20.8. The predicted molar refractivity (Wildman–Crippen MR) is 275 cm³/mol. The molecule has 0 radical (unpaired) electrons. The summed E-state index contributed by atoms with van der Waals surface area (Å²) in [6, 6.07) is 71.5. The van der Waals surface area contributed by atoms with Gasteiger partial charge < -0.3 is 9.47 Å². The van der Waals surface area contributed by atoms with E-state index in [9.17, 15) is 0 Å². The van der Waals surface area contributed by atoms with Crippen LogP contribution in [0.25, 0.3) is 49.7 Å². The zero-order valence-electron chi connectivity index (χ0n) is 33.9. The molecule has 2 unspecified atom stereocenters. The third-order valence-electron chi connectivity index (χ3n) is 12.1. The number of benzene rings is 8. The van der Waals surface area contributed by atoms with E-state index in [1.807, 2.05) is 0 Å². The molecular weight excluding hydrogens is 749 g/mol. The monoisotopic (exact) mass is 815 g/mol. The van der Waals surface area contributed by atoms with Crippen molar-refractivity contribution < 1.29 is 0 Å². The summed E-state index contributed by atoms with van der Waals surface area (Å²) < 4.78 is 2.39. The molecule has 0 bridgehead atoms. The standard InChI is InChI=1S/C56H50N2.4CH4/c1-5-42(44-25-27-45(28-26-44)46-29-35-51(36-30-46)57(49-31-17-39(2)18-32-49)50-33-19-40(3)20-34-50)37-41(4)43-21-23-47(24-22-43)48-11-10-12-52(38-48)58-55-15-8-6-13-53(55)54-14-7-9-16-56(54)58;;;;/h6-36,38,41-42H,5,37H2,1-4H3;4*1H4. The summed E-state index contributed by atoms with van der Waals surface area (Å²) in [7, 11) is 0. The Hall–Kier alpha value is -6.64. The molecule has 0 aliphatic heterocycles. The minimum atomic E-state index is 0. The Bertz CT molecular complexity index is 2690. The number of fused-ring (bicyclic) bond motifs is 3. The largest absolute Gasteiger partial charge is 0.311 e. The van der Waals surface area contributed by atoms with Crippen molar-refractivity contribution in [3.8, 4) is 27.9 Å². The molecule has 316 valence electrons. The highest BCUT2D eigenvalue weighted by atomic mass is 15.1. The van der Waals surface area contributed by atoms with Gasteiger partial charge >= 0.3 is 0 Å². The Kier molecular flexibility index (Phi) is 15.2. The molecule has 0 N–H and O–H groups in total. The van der Waals surface area contributed by atoms with Crippen molar-refractivity contribution in [3.05, 3.63) is 216 Å². The van der Waals surface area contributed by atoms with Crippen molar-refractivity contribution in [2.75, 3.05) is 4.90 Å². The fourth-order valence-electron chi connectivity index (χ4n) is 8.72. The van der Waals surface area contributed by atoms with Crippen LogP contribution in [0.3, 0.4) is 0 Å². The average Bonchev–Trinajstić information content (AvgIpc) is 3.62. The van der Waals surface area contributed by atoms with Crippen molar-refractivity contribution in [3.63, 3.8) is 0 Å². The van der Waals surface area contributed by atoms with E-state index in [0.717, 1.165) is 29.9 Å². The van der Waals surface area contributed by atoms with E-state index in [4.69, 9.17) is 0 Å². The lowest BCUT2D eigenvalue weighted by atomic mass is 9.84. The lowest BCUT2D eigenvalue weighted by molar-refractivity contribution is 0.544. The number of aryl methyl sites for hydroxylation is 2. The smallest absolute Gasteiger partial charge is 0.0541 e. The van der Waals surface area contributed by atoms with E-state index in [-0.39, 0.29) is 29.7 Å². The van der Waals surface area contributed by atoms with E-state index >= 15 is 0 Å². The first-order valence-corrected chi connectivity index (χ1v) is 20.8. The van der Waals surface area contributed by atoms with Gasteiger partial charge in [0.05, 0.1) is 11.0 Å². The molecule has 0 aliphatic carbocycles. The number of hydrogen-bond acceptors (Lipinski definition) is 1. The molecular formula is C60H66N2. The summed E-state index contributed by atoms with van der Waals surface area (Å²) >= 11 is 0. The van der Waals surface area contributed by atoms with Crippen LogP contribution >= 0.6 is 0 Å². The molecule has 9 aromatic rings. The van der Waals surface area contributed by atoms with Crippen LogP contribution in [-0.2, 0) is 0 Å². The predicted octanol–water partition coefficient (Wildman–Crippen LogP) is 18.4. The number of nitrogens with zero attached hydrogens (tertiary/aromatic N) is 2. The minimum absolute atomic E-state index is 0. The average molecular weight is 815 g/mol. The second-order valence-corrected chi connectivity index (χ2v) is 16.0. The molecule has 0 amide bonds. The fourth-order valence-corrected chi connectivity index (χ4v) is 8.72. The Balaban J connectivity index is 0.00000181. The summed E-state index contributed by atoms with van der Waals surface area (Å²) in [6.07, 6.45) is 2.22. The Morgan fingerprint density at radius 2 is 0.855 bits per heavy atom. The highest BCUT2D eigenvalue weighted by Crippen LogP contribution is 2.38. The normalized spacial score (nSPS) is 11.7. The van der Waals surface area contributed by atoms with Gasteiger partial charge in [0.15, 0.2) is 0 Å². The Labute approximate surface area is 373 Å². The molecule has 8 aromatic carbocycles. The van der Waals surface area contributed by atoms with Crippen LogP contribution in [0.15, 0.2) is 194 Å². The van der Waals surface area contributed by atoms with E-state index in [2.05, 4.69) is 231 Å². The van der Waals surface area contributed by atoms with Crippen molar-refractivity contribution >= 4 is 38.9 Å². The maximum atomic E-state index is 2.39. The van der Waals surface area contributed by atoms with Gasteiger partial charge in [0.25, 0.3) is 0 Å². The second-order valence-electron chi connectivity index (χ2n) is 16.0. The molecule has 9 rings (SSSR count). The van der Waals surface area contributed by atoms with Crippen LogP contribution in [0.4, 0.5) is 17.1 Å². The summed E-state index contributed by atoms with van der Waals surface area (Å²) in [5.41, 5.74) is 17.4. The van der Waals surface area contributed by atoms with Crippen molar-refractivity contribution in [2.45, 2.75) is 82.1 Å². The SMILES string of the molecule is C.C.C.C.CCC(CC(C)c1ccc(-c2cccc(-n3c4ccccc4c4ccccc43)c2)cc1)c1ccc(-c2ccc(N(c3ccc(C)cc3)c3ccc(C)cc3)cc2)cc1. The second kappa shape index (κ2) is 20.3.